The van der Waals surface area contributed by atoms with Crippen molar-refractivity contribution in [1.82, 2.24) is 0 Å². The smallest absolute Gasteiger partial charge is 0.0259 e. The van der Waals surface area contributed by atoms with E-state index >= 15 is 0 Å². The van der Waals surface area contributed by atoms with Crippen molar-refractivity contribution in [2.75, 3.05) is 0 Å². The zero-order chi connectivity index (χ0) is 12.4. The van der Waals surface area contributed by atoms with Crippen LogP contribution in [0.2, 0.25) is 0 Å². The minimum Gasteiger partial charge on any atom is -0.0856 e. The van der Waals surface area contributed by atoms with Gasteiger partial charge in [0.1, 0.15) is 0 Å². The topological polar surface area (TPSA) is 0 Å². The Morgan fingerprint density at radius 2 is 1.94 bits per heavy atom. The Bertz CT molecular complexity index is 249. The summed E-state index contributed by atoms with van der Waals surface area (Å²) in [6, 6.07) is 0. The largest absolute Gasteiger partial charge is 0.0856 e. The summed E-state index contributed by atoms with van der Waals surface area (Å²) < 4.78 is 0. The van der Waals surface area contributed by atoms with Crippen molar-refractivity contribution >= 4 is 0 Å². The molecular formula is C16H27. The van der Waals surface area contributed by atoms with E-state index in [0.717, 1.165) is 12.8 Å². The van der Waals surface area contributed by atoms with Gasteiger partial charge in [0.05, 0.1) is 0 Å². The predicted molar refractivity (Wildman–Crippen MR) is 75.3 cm³/mol. The van der Waals surface area contributed by atoms with Crippen molar-refractivity contribution in [2.24, 2.45) is 5.92 Å². The molecule has 0 aromatic rings. The number of rotatable bonds is 7. The second kappa shape index (κ2) is 9.45. The molecule has 1 radical (unpaired) electrons. The Balaban J connectivity index is 3.90. The molecule has 16 heavy (non-hydrogen) atoms. The lowest BCUT2D eigenvalue weighted by atomic mass is 10.0. The molecule has 0 aromatic carbocycles. The highest BCUT2D eigenvalue weighted by molar-refractivity contribution is 5.12. The minimum atomic E-state index is 0.652. The molecule has 0 rings (SSSR count). The van der Waals surface area contributed by atoms with Gasteiger partial charge < -0.3 is 0 Å². The molecule has 1 unspecified atom stereocenters. The van der Waals surface area contributed by atoms with Crippen LogP contribution in [-0.2, 0) is 0 Å². The van der Waals surface area contributed by atoms with Crippen molar-refractivity contribution in [2.45, 2.75) is 53.4 Å². The van der Waals surface area contributed by atoms with E-state index in [9.17, 15) is 0 Å². The fourth-order valence-corrected chi connectivity index (χ4v) is 1.50. The highest BCUT2D eigenvalue weighted by atomic mass is 14.0. The normalized spacial score (nSPS) is 14.2. The Morgan fingerprint density at radius 1 is 1.25 bits per heavy atom. The molecule has 1 atom stereocenters. The first kappa shape index (κ1) is 15.2. The Kier molecular flexibility index (Phi) is 8.99. The molecule has 0 aliphatic rings. The van der Waals surface area contributed by atoms with Crippen LogP contribution in [0.25, 0.3) is 0 Å². The molecular weight excluding hydrogens is 192 g/mol. The van der Waals surface area contributed by atoms with E-state index in [2.05, 4.69) is 58.9 Å². The molecule has 0 saturated carbocycles. The molecule has 0 saturated heterocycles. The first-order valence-corrected chi connectivity index (χ1v) is 6.32. The summed E-state index contributed by atoms with van der Waals surface area (Å²) >= 11 is 0. The zero-order valence-electron chi connectivity index (χ0n) is 11.4. The van der Waals surface area contributed by atoms with Crippen LogP contribution in [0.5, 0.6) is 0 Å². The van der Waals surface area contributed by atoms with E-state index in [1.807, 2.05) is 0 Å². The maximum Gasteiger partial charge on any atom is -0.0259 e. The van der Waals surface area contributed by atoms with Crippen molar-refractivity contribution in [3.05, 3.63) is 42.4 Å². The molecule has 91 valence electrons. The highest BCUT2D eigenvalue weighted by Crippen LogP contribution is 2.09. The monoisotopic (exact) mass is 219 g/mol. The lowest BCUT2D eigenvalue weighted by Crippen LogP contribution is -1.86. The first-order chi connectivity index (χ1) is 7.56. The highest BCUT2D eigenvalue weighted by Gasteiger charge is 1.92. The van der Waals surface area contributed by atoms with Gasteiger partial charge in [-0.05, 0) is 46.0 Å². The molecule has 0 heterocycles. The van der Waals surface area contributed by atoms with Gasteiger partial charge >= 0.3 is 0 Å². The van der Waals surface area contributed by atoms with Gasteiger partial charge in [-0.15, -0.1) is 0 Å². The van der Waals surface area contributed by atoms with E-state index in [-0.39, 0.29) is 0 Å². The Morgan fingerprint density at radius 3 is 2.50 bits per heavy atom. The van der Waals surface area contributed by atoms with Crippen molar-refractivity contribution in [3.8, 4) is 0 Å². The molecule has 0 aliphatic heterocycles. The van der Waals surface area contributed by atoms with Gasteiger partial charge in [-0.3, -0.25) is 0 Å². The van der Waals surface area contributed by atoms with E-state index < -0.39 is 0 Å². The fraction of sp³-hybridized carbons (Fsp3) is 0.562. The number of hydrogen-bond acceptors (Lipinski definition) is 0. The van der Waals surface area contributed by atoms with Gasteiger partial charge in [0.2, 0.25) is 0 Å². The summed E-state index contributed by atoms with van der Waals surface area (Å²) in [6.07, 6.45) is 13.5. The third kappa shape index (κ3) is 9.76. The van der Waals surface area contributed by atoms with Gasteiger partial charge in [-0.2, -0.15) is 0 Å². The second-order valence-corrected chi connectivity index (χ2v) is 4.84. The van der Waals surface area contributed by atoms with E-state index in [1.54, 1.807) is 0 Å². The van der Waals surface area contributed by atoms with Gasteiger partial charge in [0, 0.05) is 0 Å². The SMILES string of the molecule is [CH2]CCC(C)C=CC=C(C)CCC=C(C)C. The van der Waals surface area contributed by atoms with Crippen LogP contribution in [-0.4, -0.2) is 0 Å². The average Bonchev–Trinajstić information content (AvgIpc) is 2.17. The predicted octanol–water partition coefficient (Wildman–Crippen LogP) is 5.49. The third-order valence-electron chi connectivity index (χ3n) is 2.57. The van der Waals surface area contributed by atoms with E-state index in [0.29, 0.717) is 5.92 Å². The van der Waals surface area contributed by atoms with Crippen LogP contribution >= 0.6 is 0 Å². The van der Waals surface area contributed by atoms with E-state index in [4.69, 9.17) is 0 Å². The molecule has 0 aromatic heterocycles. The van der Waals surface area contributed by atoms with Crippen molar-refractivity contribution in [3.63, 3.8) is 0 Å². The lowest BCUT2D eigenvalue weighted by molar-refractivity contribution is 0.656. The Labute approximate surface area is 102 Å². The van der Waals surface area contributed by atoms with Crippen molar-refractivity contribution < 1.29 is 0 Å². The molecule has 0 aliphatic carbocycles. The molecule has 0 amide bonds. The quantitative estimate of drug-likeness (QED) is 0.392. The van der Waals surface area contributed by atoms with Crippen LogP contribution in [0, 0.1) is 12.8 Å². The molecule has 0 fully saturated rings. The number of allylic oxidation sites excluding steroid dienone is 6. The lowest BCUT2D eigenvalue weighted by Gasteiger charge is -2.01. The van der Waals surface area contributed by atoms with E-state index in [1.165, 1.54) is 24.0 Å². The summed E-state index contributed by atoms with van der Waals surface area (Å²) in [5.74, 6) is 0.652. The summed E-state index contributed by atoms with van der Waals surface area (Å²) in [5.41, 5.74) is 2.86. The van der Waals surface area contributed by atoms with Crippen LogP contribution < -0.4 is 0 Å². The van der Waals surface area contributed by atoms with Crippen LogP contribution in [0.3, 0.4) is 0 Å². The first-order valence-electron chi connectivity index (χ1n) is 6.32. The van der Waals surface area contributed by atoms with Gasteiger partial charge in [0.25, 0.3) is 0 Å². The molecule has 0 bridgehead atoms. The average molecular weight is 219 g/mol. The molecule has 0 nitrogen and oxygen atoms in total. The van der Waals surface area contributed by atoms with Gasteiger partial charge in [-0.1, -0.05) is 55.7 Å². The summed E-state index contributed by atoms with van der Waals surface area (Å²) in [4.78, 5) is 0. The molecule has 0 heteroatoms. The summed E-state index contributed by atoms with van der Waals surface area (Å²) in [6.45, 7) is 12.6. The van der Waals surface area contributed by atoms with Crippen molar-refractivity contribution in [1.29, 1.82) is 0 Å². The summed E-state index contributed by atoms with van der Waals surface area (Å²) in [5, 5.41) is 0. The maximum atomic E-state index is 3.87. The molecule has 0 spiro atoms. The van der Waals surface area contributed by atoms with Gasteiger partial charge in [0.15, 0.2) is 0 Å². The fourth-order valence-electron chi connectivity index (χ4n) is 1.50. The zero-order valence-corrected chi connectivity index (χ0v) is 11.4. The number of hydrogen-bond donors (Lipinski definition) is 0. The second-order valence-electron chi connectivity index (χ2n) is 4.84. The third-order valence-corrected chi connectivity index (χ3v) is 2.57. The summed E-state index contributed by atoms with van der Waals surface area (Å²) in [7, 11) is 0. The van der Waals surface area contributed by atoms with Crippen LogP contribution in [0.4, 0.5) is 0 Å². The standard InChI is InChI=1S/C16H27/c1-6-9-15(4)12-8-13-16(5)11-7-10-14(2)3/h8,10,12-13,15H,1,6-7,9,11H2,2-5H3. The Hall–Kier alpha value is -0.780. The maximum absolute atomic E-state index is 3.87. The minimum absolute atomic E-state index is 0.652. The van der Waals surface area contributed by atoms with Crippen LogP contribution in [0.15, 0.2) is 35.5 Å². The van der Waals surface area contributed by atoms with Crippen LogP contribution in [0.1, 0.15) is 53.4 Å². The molecule has 0 N–H and O–H groups in total. The van der Waals surface area contributed by atoms with Gasteiger partial charge in [-0.25, -0.2) is 0 Å².